The summed E-state index contributed by atoms with van der Waals surface area (Å²) in [5.41, 5.74) is 0.834. The molecule has 0 saturated carbocycles. The Morgan fingerprint density at radius 1 is 1.10 bits per heavy atom. The van der Waals surface area contributed by atoms with Gasteiger partial charge in [-0.3, -0.25) is 0 Å². The van der Waals surface area contributed by atoms with E-state index in [0.29, 0.717) is 5.75 Å². The van der Waals surface area contributed by atoms with Crippen molar-refractivity contribution in [2.45, 2.75) is 37.3 Å². The summed E-state index contributed by atoms with van der Waals surface area (Å²) in [7, 11) is -2.49. The summed E-state index contributed by atoms with van der Waals surface area (Å²) in [6.07, 6.45) is -2.31. The molecular formula is C22H30N2O6S. The van der Waals surface area contributed by atoms with E-state index >= 15 is 0 Å². The van der Waals surface area contributed by atoms with Crippen LogP contribution in [0.1, 0.15) is 19.4 Å². The molecule has 0 aliphatic rings. The molecule has 2 aromatic carbocycles. The second-order valence-electron chi connectivity index (χ2n) is 7.65. The van der Waals surface area contributed by atoms with Crippen molar-refractivity contribution in [3.05, 3.63) is 60.2 Å². The Kier molecular flexibility index (Phi) is 8.85. The van der Waals surface area contributed by atoms with Gasteiger partial charge >= 0.3 is 6.09 Å². The first-order chi connectivity index (χ1) is 14.6. The summed E-state index contributed by atoms with van der Waals surface area (Å²) in [6, 6.07) is 14.4. The van der Waals surface area contributed by atoms with Gasteiger partial charge in [0.1, 0.15) is 5.75 Å². The number of carbonyl (C=O) groups is 1. The Morgan fingerprint density at radius 3 is 2.23 bits per heavy atom. The zero-order valence-corrected chi connectivity index (χ0v) is 18.7. The second kappa shape index (κ2) is 11.1. The normalized spacial score (nSPS) is 13.7. The third kappa shape index (κ3) is 6.95. The second-order valence-corrected chi connectivity index (χ2v) is 9.55. The predicted molar refractivity (Wildman–Crippen MR) is 118 cm³/mol. The molecule has 0 radical (unpaired) electrons. The quantitative estimate of drug-likeness (QED) is 0.485. The molecule has 3 N–H and O–H groups in total. The number of rotatable bonds is 11. The van der Waals surface area contributed by atoms with E-state index in [1.54, 1.807) is 12.1 Å². The molecule has 0 aliphatic carbocycles. The Hall–Kier alpha value is -2.62. The van der Waals surface area contributed by atoms with Gasteiger partial charge in [0.2, 0.25) is 10.0 Å². The number of hydrogen-bond donors (Lipinski definition) is 3. The molecule has 2 unspecified atom stereocenters. The minimum Gasteiger partial charge on any atom is -0.497 e. The molecule has 0 saturated heterocycles. The summed E-state index contributed by atoms with van der Waals surface area (Å²) < 4.78 is 33.6. The number of hydrogen-bond acceptors (Lipinski definition) is 5. The van der Waals surface area contributed by atoms with E-state index < -0.39 is 28.3 Å². The van der Waals surface area contributed by atoms with Crippen LogP contribution in [0.4, 0.5) is 4.79 Å². The fourth-order valence-electron chi connectivity index (χ4n) is 3.27. The minimum absolute atomic E-state index is 0.0223. The van der Waals surface area contributed by atoms with E-state index in [9.17, 15) is 18.3 Å². The number of nitrogens with zero attached hydrogens (tertiary/aromatic N) is 1. The smallest absolute Gasteiger partial charge is 0.404 e. The van der Waals surface area contributed by atoms with Gasteiger partial charge in [-0.25, -0.2) is 13.2 Å². The number of aliphatic hydroxyl groups excluding tert-OH is 1. The van der Waals surface area contributed by atoms with Crippen LogP contribution < -0.4 is 10.1 Å². The molecule has 0 aliphatic heterocycles. The Bertz CT molecular complexity index is 932. The Morgan fingerprint density at radius 2 is 1.71 bits per heavy atom. The van der Waals surface area contributed by atoms with Crippen molar-refractivity contribution in [2.75, 3.05) is 20.2 Å². The van der Waals surface area contributed by atoms with Crippen LogP contribution in [0.15, 0.2) is 59.5 Å². The van der Waals surface area contributed by atoms with E-state index in [4.69, 9.17) is 9.84 Å². The Labute approximate surface area is 183 Å². The molecular weight excluding hydrogens is 420 g/mol. The van der Waals surface area contributed by atoms with Gasteiger partial charge < -0.3 is 20.3 Å². The fourth-order valence-corrected chi connectivity index (χ4v) is 5.08. The highest BCUT2D eigenvalue weighted by molar-refractivity contribution is 7.89. The van der Waals surface area contributed by atoms with Crippen LogP contribution >= 0.6 is 0 Å². The maximum atomic E-state index is 13.6. The van der Waals surface area contributed by atoms with Gasteiger partial charge in [-0.15, -0.1) is 0 Å². The molecule has 0 spiro atoms. The molecule has 2 aromatic rings. The van der Waals surface area contributed by atoms with Crippen LogP contribution in [0.2, 0.25) is 0 Å². The summed E-state index contributed by atoms with van der Waals surface area (Å²) in [6.45, 7) is 3.64. The molecule has 0 heterocycles. The van der Waals surface area contributed by atoms with E-state index in [-0.39, 0.29) is 30.3 Å². The zero-order chi connectivity index (χ0) is 23.0. The average molecular weight is 451 g/mol. The van der Waals surface area contributed by atoms with Crippen molar-refractivity contribution in [2.24, 2.45) is 5.92 Å². The molecule has 8 nitrogen and oxygen atoms in total. The number of amides is 1. The van der Waals surface area contributed by atoms with Crippen molar-refractivity contribution in [1.82, 2.24) is 9.62 Å². The van der Waals surface area contributed by atoms with Crippen LogP contribution in [0.25, 0.3) is 0 Å². The third-order valence-electron chi connectivity index (χ3n) is 4.78. The number of sulfonamides is 1. The van der Waals surface area contributed by atoms with Gasteiger partial charge in [0.15, 0.2) is 0 Å². The summed E-state index contributed by atoms with van der Waals surface area (Å²) in [4.78, 5) is 11.0. The van der Waals surface area contributed by atoms with Crippen LogP contribution in [-0.2, 0) is 16.4 Å². The minimum atomic E-state index is -3.98. The number of aliphatic hydroxyl groups is 1. The summed E-state index contributed by atoms with van der Waals surface area (Å²) >= 11 is 0. The van der Waals surface area contributed by atoms with E-state index in [0.717, 1.165) is 5.56 Å². The lowest BCUT2D eigenvalue weighted by molar-refractivity contribution is 0.0830. The van der Waals surface area contributed by atoms with Crippen LogP contribution in [0, 0.1) is 5.92 Å². The van der Waals surface area contributed by atoms with Crippen molar-refractivity contribution in [1.29, 1.82) is 0 Å². The SMILES string of the molecule is COc1ccc(S(=O)(=O)N(CC(C)C)C(Cc2ccccc2)C(O)CNC(=O)O)cc1. The largest absolute Gasteiger partial charge is 0.497 e. The van der Waals surface area contributed by atoms with Crippen LogP contribution in [0.5, 0.6) is 5.75 Å². The van der Waals surface area contributed by atoms with Crippen molar-refractivity contribution < 1.29 is 28.2 Å². The van der Waals surface area contributed by atoms with Gasteiger partial charge in [0, 0.05) is 13.1 Å². The summed E-state index contributed by atoms with van der Waals surface area (Å²) in [5.74, 6) is 0.506. The fraction of sp³-hybridized carbons (Fsp3) is 0.409. The Balaban J connectivity index is 2.48. The van der Waals surface area contributed by atoms with E-state index in [1.165, 1.54) is 23.5 Å². The third-order valence-corrected chi connectivity index (χ3v) is 6.68. The number of benzene rings is 2. The zero-order valence-electron chi connectivity index (χ0n) is 17.9. The van der Waals surface area contributed by atoms with Gasteiger partial charge in [-0.2, -0.15) is 4.31 Å². The number of nitrogens with one attached hydrogen (secondary N) is 1. The van der Waals surface area contributed by atoms with E-state index in [1.807, 2.05) is 44.2 Å². The van der Waals surface area contributed by atoms with Crippen LogP contribution in [0.3, 0.4) is 0 Å². The highest BCUT2D eigenvalue weighted by Crippen LogP contribution is 2.25. The lowest BCUT2D eigenvalue weighted by Gasteiger charge is -2.35. The molecule has 2 rings (SSSR count). The predicted octanol–water partition coefficient (Wildman–Crippen LogP) is 2.58. The number of methoxy groups -OCH3 is 1. The first-order valence-corrected chi connectivity index (χ1v) is 11.4. The lowest BCUT2D eigenvalue weighted by atomic mass is 10.0. The molecule has 170 valence electrons. The van der Waals surface area contributed by atoms with Gasteiger partial charge in [-0.05, 0) is 42.2 Å². The topological polar surface area (TPSA) is 116 Å². The lowest BCUT2D eigenvalue weighted by Crippen LogP contribution is -2.52. The highest BCUT2D eigenvalue weighted by Gasteiger charge is 2.36. The van der Waals surface area contributed by atoms with Crippen molar-refractivity contribution >= 4 is 16.1 Å². The first-order valence-electron chi connectivity index (χ1n) is 9.99. The number of carboxylic acid groups (broad SMARTS) is 1. The van der Waals surface area contributed by atoms with Crippen molar-refractivity contribution in [3.63, 3.8) is 0 Å². The monoisotopic (exact) mass is 450 g/mol. The highest BCUT2D eigenvalue weighted by atomic mass is 32.2. The number of ether oxygens (including phenoxy) is 1. The van der Waals surface area contributed by atoms with Gasteiger partial charge in [0.05, 0.1) is 24.2 Å². The molecule has 1 amide bonds. The molecule has 0 aromatic heterocycles. The molecule has 0 bridgehead atoms. The van der Waals surface area contributed by atoms with E-state index in [2.05, 4.69) is 5.32 Å². The van der Waals surface area contributed by atoms with Crippen LogP contribution in [-0.4, -0.2) is 61.4 Å². The van der Waals surface area contributed by atoms with Gasteiger partial charge in [-0.1, -0.05) is 44.2 Å². The molecule has 9 heteroatoms. The molecule has 2 atom stereocenters. The first kappa shape index (κ1) is 24.6. The van der Waals surface area contributed by atoms with Crippen molar-refractivity contribution in [3.8, 4) is 5.75 Å². The standard InChI is InChI=1S/C22H30N2O6S/c1-16(2)15-24(31(28,29)19-11-9-18(30-3)10-12-19)20(21(25)14-23-22(26)27)13-17-7-5-4-6-8-17/h4-12,16,20-21,23,25H,13-15H2,1-3H3,(H,26,27). The maximum Gasteiger partial charge on any atom is 0.404 e. The maximum absolute atomic E-state index is 13.6. The molecule has 0 fully saturated rings. The van der Waals surface area contributed by atoms with Gasteiger partial charge in [0.25, 0.3) is 0 Å². The molecule has 31 heavy (non-hydrogen) atoms. The average Bonchev–Trinajstić information content (AvgIpc) is 2.75. The summed E-state index contributed by atoms with van der Waals surface area (Å²) in [5, 5.41) is 21.9.